The molecule has 0 aromatic heterocycles. The van der Waals surface area contributed by atoms with Crippen molar-refractivity contribution >= 4 is 17.5 Å². The van der Waals surface area contributed by atoms with Gasteiger partial charge >= 0.3 is 11.8 Å². The molecule has 1 aromatic carbocycles. The average molecular weight is 319 g/mol. The van der Waals surface area contributed by atoms with Gasteiger partial charge in [0.2, 0.25) is 0 Å². The number of aliphatic hydroxyl groups excluding tert-OH is 1. The number of benzene rings is 1. The lowest BCUT2D eigenvalue weighted by atomic mass is 10.2. The summed E-state index contributed by atoms with van der Waals surface area (Å²) in [5.41, 5.74) is 1.15. The van der Waals surface area contributed by atoms with Crippen LogP contribution in [0.1, 0.15) is 19.3 Å². The van der Waals surface area contributed by atoms with Crippen molar-refractivity contribution in [2.75, 3.05) is 44.2 Å². The summed E-state index contributed by atoms with van der Waals surface area (Å²) < 4.78 is 0. The van der Waals surface area contributed by atoms with Crippen LogP contribution < -0.4 is 10.2 Å². The second kappa shape index (κ2) is 9.15. The molecule has 1 saturated heterocycles. The van der Waals surface area contributed by atoms with Gasteiger partial charge in [0, 0.05) is 45.0 Å². The highest BCUT2D eigenvalue weighted by Gasteiger charge is 2.25. The number of carbonyl (C=O) groups excluding carboxylic acids is 2. The first kappa shape index (κ1) is 17.3. The van der Waals surface area contributed by atoms with E-state index in [1.807, 2.05) is 18.2 Å². The first-order valence-electron chi connectivity index (χ1n) is 8.20. The third kappa shape index (κ3) is 5.25. The number of carbonyl (C=O) groups is 2. The maximum atomic E-state index is 12.1. The predicted octanol–water partition coefficient (Wildman–Crippen LogP) is 0.614. The summed E-state index contributed by atoms with van der Waals surface area (Å²) >= 11 is 0. The van der Waals surface area contributed by atoms with E-state index in [2.05, 4.69) is 22.3 Å². The first-order chi connectivity index (χ1) is 11.2. The third-order valence-corrected chi connectivity index (χ3v) is 4.00. The summed E-state index contributed by atoms with van der Waals surface area (Å²) in [6, 6.07) is 10.1. The fourth-order valence-electron chi connectivity index (χ4n) is 2.64. The first-order valence-corrected chi connectivity index (χ1v) is 8.20. The van der Waals surface area contributed by atoms with E-state index in [1.165, 1.54) is 0 Å². The van der Waals surface area contributed by atoms with Crippen LogP contribution in [0.2, 0.25) is 0 Å². The van der Waals surface area contributed by atoms with Gasteiger partial charge in [-0.2, -0.15) is 0 Å². The zero-order chi connectivity index (χ0) is 16.5. The van der Waals surface area contributed by atoms with E-state index >= 15 is 0 Å². The normalized spacial score (nSPS) is 14.7. The van der Waals surface area contributed by atoms with Crippen molar-refractivity contribution in [3.63, 3.8) is 0 Å². The molecular weight excluding hydrogens is 294 g/mol. The second-order valence-electron chi connectivity index (χ2n) is 5.65. The van der Waals surface area contributed by atoms with Crippen LogP contribution in [-0.4, -0.2) is 61.2 Å². The monoisotopic (exact) mass is 319 g/mol. The lowest BCUT2D eigenvalue weighted by molar-refractivity contribution is -0.146. The van der Waals surface area contributed by atoms with Crippen LogP contribution in [0.25, 0.3) is 0 Å². The Bertz CT molecular complexity index is 499. The van der Waals surface area contributed by atoms with Crippen LogP contribution in [0.4, 0.5) is 5.69 Å². The number of hydrogen-bond donors (Lipinski definition) is 2. The lowest BCUT2D eigenvalue weighted by Crippen LogP contribution is -2.52. The molecular formula is C17H25N3O3. The van der Waals surface area contributed by atoms with E-state index in [9.17, 15) is 9.59 Å². The minimum absolute atomic E-state index is 0.165. The van der Waals surface area contributed by atoms with Crippen LogP contribution in [0.5, 0.6) is 0 Å². The van der Waals surface area contributed by atoms with Crippen molar-refractivity contribution in [2.45, 2.75) is 19.3 Å². The van der Waals surface area contributed by atoms with Crippen molar-refractivity contribution in [3.8, 4) is 0 Å². The molecule has 0 spiro atoms. The van der Waals surface area contributed by atoms with E-state index < -0.39 is 11.8 Å². The Hall–Kier alpha value is -2.08. The smallest absolute Gasteiger partial charge is 0.312 e. The topological polar surface area (TPSA) is 72.9 Å². The molecule has 6 nitrogen and oxygen atoms in total. The van der Waals surface area contributed by atoms with Gasteiger partial charge in [0.1, 0.15) is 0 Å². The molecule has 1 aliphatic rings. The minimum atomic E-state index is -0.526. The maximum Gasteiger partial charge on any atom is 0.312 e. The number of hydrogen-bond acceptors (Lipinski definition) is 4. The van der Waals surface area contributed by atoms with Gasteiger partial charge in [0.25, 0.3) is 0 Å². The molecule has 1 heterocycles. The Morgan fingerprint density at radius 1 is 1.00 bits per heavy atom. The Morgan fingerprint density at radius 3 is 2.35 bits per heavy atom. The van der Waals surface area contributed by atoms with Crippen LogP contribution in [-0.2, 0) is 9.59 Å². The Kier molecular flexibility index (Phi) is 6.87. The highest BCUT2D eigenvalue weighted by Crippen LogP contribution is 2.15. The number of piperazine rings is 1. The van der Waals surface area contributed by atoms with Crippen molar-refractivity contribution in [1.29, 1.82) is 0 Å². The zero-order valence-corrected chi connectivity index (χ0v) is 13.4. The van der Waals surface area contributed by atoms with Crippen molar-refractivity contribution in [2.24, 2.45) is 0 Å². The number of amides is 2. The molecule has 1 aromatic rings. The van der Waals surface area contributed by atoms with E-state index in [-0.39, 0.29) is 6.61 Å². The van der Waals surface area contributed by atoms with Gasteiger partial charge in [0.05, 0.1) is 0 Å². The SMILES string of the molecule is O=C(NCCCCCO)C(=O)N1CCN(c2ccccc2)CC1. The Morgan fingerprint density at radius 2 is 1.70 bits per heavy atom. The summed E-state index contributed by atoms with van der Waals surface area (Å²) in [5, 5.41) is 11.3. The van der Waals surface area contributed by atoms with Crippen molar-refractivity contribution < 1.29 is 14.7 Å². The number of nitrogens with zero attached hydrogens (tertiary/aromatic N) is 2. The largest absolute Gasteiger partial charge is 0.396 e. The highest BCUT2D eigenvalue weighted by molar-refractivity contribution is 6.35. The molecule has 6 heteroatoms. The zero-order valence-electron chi connectivity index (χ0n) is 13.4. The molecule has 0 atom stereocenters. The number of nitrogens with one attached hydrogen (secondary N) is 1. The molecule has 0 saturated carbocycles. The molecule has 2 N–H and O–H groups in total. The summed E-state index contributed by atoms with van der Waals surface area (Å²) in [7, 11) is 0. The molecule has 23 heavy (non-hydrogen) atoms. The lowest BCUT2D eigenvalue weighted by Gasteiger charge is -2.35. The van der Waals surface area contributed by atoms with Crippen molar-refractivity contribution in [1.82, 2.24) is 10.2 Å². The van der Waals surface area contributed by atoms with Gasteiger partial charge in [-0.1, -0.05) is 18.2 Å². The van der Waals surface area contributed by atoms with Gasteiger partial charge in [-0.3, -0.25) is 9.59 Å². The van der Waals surface area contributed by atoms with Crippen LogP contribution in [0.15, 0.2) is 30.3 Å². The number of aliphatic hydroxyl groups is 1. The van der Waals surface area contributed by atoms with Crippen LogP contribution >= 0.6 is 0 Å². The van der Waals surface area contributed by atoms with Gasteiger partial charge in [-0.05, 0) is 31.4 Å². The molecule has 1 fully saturated rings. The number of rotatable bonds is 6. The fourth-order valence-corrected chi connectivity index (χ4v) is 2.64. The summed E-state index contributed by atoms with van der Waals surface area (Å²) in [6.07, 6.45) is 2.35. The standard InChI is InChI=1S/C17H25N3O3/c21-14-6-2-5-9-18-16(22)17(23)20-12-10-19(11-13-20)15-7-3-1-4-8-15/h1,3-4,7-8,21H,2,5-6,9-14H2,(H,18,22). The number of unbranched alkanes of at least 4 members (excludes halogenated alkanes) is 2. The number of para-hydroxylation sites is 1. The van der Waals surface area contributed by atoms with Crippen molar-refractivity contribution in [3.05, 3.63) is 30.3 Å². The van der Waals surface area contributed by atoms with Gasteiger partial charge < -0.3 is 20.2 Å². The second-order valence-corrected chi connectivity index (χ2v) is 5.65. The maximum absolute atomic E-state index is 12.1. The highest BCUT2D eigenvalue weighted by atomic mass is 16.3. The molecule has 0 aliphatic carbocycles. The summed E-state index contributed by atoms with van der Waals surface area (Å²) in [4.78, 5) is 27.8. The molecule has 0 bridgehead atoms. The Balaban J connectivity index is 1.71. The van der Waals surface area contributed by atoms with Gasteiger partial charge in [-0.25, -0.2) is 0 Å². The van der Waals surface area contributed by atoms with E-state index in [0.717, 1.165) is 38.0 Å². The van der Waals surface area contributed by atoms with E-state index in [1.54, 1.807) is 4.90 Å². The van der Waals surface area contributed by atoms with E-state index in [0.29, 0.717) is 19.6 Å². The average Bonchev–Trinajstić information content (AvgIpc) is 2.61. The molecule has 0 unspecified atom stereocenters. The van der Waals surface area contributed by atoms with Crippen LogP contribution in [0.3, 0.4) is 0 Å². The molecule has 0 radical (unpaired) electrons. The van der Waals surface area contributed by atoms with E-state index in [4.69, 9.17) is 5.11 Å². The third-order valence-electron chi connectivity index (χ3n) is 4.00. The summed E-state index contributed by atoms with van der Waals surface area (Å²) in [6.45, 7) is 3.24. The molecule has 126 valence electrons. The van der Waals surface area contributed by atoms with Gasteiger partial charge in [0.15, 0.2) is 0 Å². The number of anilines is 1. The Labute approximate surface area is 137 Å². The summed E-state index contributed by atoms with van der Waals surface area (Å²) in [5.74, 6) is -0.970. The predicted molar refractivity (Wildman–Crippen MR) is 89.2 cm³/mol. The van der Waals surface area contributed by atoms with Gasteiger partial charge in [-0.15, -0.1) is 0 Å². The van der Waals surface area contributed by atoms with Crippen LogP contribution in [0, 0.1) is 0 Å². The molecule has 1 aliphatic heterocycles. The fraction of sp³-hybridized carbons (Fsp3) is 0.529. The molecule has 2 rings (SSSR count). The molecule has 2 amide bonds. The minimum Gasteiger partial charge on any atom is -0.396 e. The quantitative estimate of drug-likeness (QED) is 0.595.